The van der Waals surface area contributed by atoms with E-state index in [1.54, 1.807) is 0 Å². The molecule has 4 nitrogen and oxygen atoms in total. The largest absolute Gasteiger partial charge is 0.707 e. The van der Waals surface area contributed by atoms with Crippen LogP contribution in [0.2, 0.25) is 0 Å². The first-order valence-electron chi connectivity index (χ1n) is 4.12. The van der Waals surface area contributed by atoms with E-state index >= 15 is 0 Å². The van der Waals surface area contributed by atoms with Crippen LogP contribution in [-0.2, 0) is 6.18 Å². The van der Waals surface area contributed by atoms with Crippen molar-refractivity contribution in [1.82, 2.24) is 0 Å². The van der Waals surface area contributed by atoms with Crippen LogP contribution in [0.25, 0.3) is 0 Å². The van der Waals surface area contributed by atoms with Gasteiger partial charge in [-0.05, 0) is 18.2 Å². The van der Waals surface area contributed by atoms with Crippen molar-refractivity contribution >= 4 is 7.32 Å². The quantitative estimate of drug-likeness (QED) is 0.770. The highest BCUT2D eigenvalue weighted by Gasteiger charge is 2.35. The lowest BCUT2D eigenvalue weighted by atomic mass is 10.1. The second-order valence-corrected chi connectivity index (χ2v) is 2.80. The molecule has 0 amide bonds. The molecule has 0 spiro atoms. The number of benzene rings is 1. The van der Waals surface area contributed by atoms with Gasteiger partial charge >= 0.3 is 13.5 Å². The Hall–Kier alpha value is -1.41. The zero-order valence-corrected chi connectivity index (χ0v) is 8.15. The first kappa shape index (κ1) is 12.7. The summed E-state index contributed by atoms with van der Waals surface area (Å²) >= 11 is 0. The minimum atomic E-state index is -4.61. The Kier molecular flexibility index (Phi) is 3.66. The highest BCUT2D eigenvalue weighted by atomic mass is 19.4. The Morgan fingerprint density at radius 1 is 1.25 bits per heavy atom. The SMILES string of the molecule is COc1ccc(OB(O)O)cc1C(F)(F)F. The molecular formula is C8H8BF3O4. The van der Waals surface area contributed by atoms with Crippen molar-refractivity contribution in [2.75, 3.05) is 7.11 Å². The molecule has 8 heteroatoms. The van der Waals surface area contributed by atoms with Crippen molar-refractivity contribution in [3.63, 3.8) is 0 Å². The maximum absolute atomic E-state index is 12.5. The zero-order valence-electron chi connectivity index (χ0n) is 8.15. The van der Waals surface area contributed by atoms with Gasteiger partial charge in [-0.3, -0.25) is 0 Å². The van der Waals surface area contributed by atoms with E-state index in [0.29, 0.717) is 6.07 Å². The highest BCUT2D eigenvalue weighted by Crippen LogP contribution is 2.38. The van der Waals surface area contributed by atoms with Gasteiger partial charge in [0, 0.05) is 0 Å². The number of alkyl halides is 3. The lowest BCUT2D eigenvalue weighted by Gasteiger charge is -2.13. The van der Waals surface area contributed by atoms with E-state index < -0.39 is 19.1 Å². The average Bonchev–Trinajstić information content (AvgIpc) is 2.15. The molecule has 0 saturated carbocycles. The van der Waals surface area contributed by atoms with Crippen LogP contribution < -0.4 is 9.39 Å². The average molecular weight is 236 g/mol. The van der Waals surface area contributed by atoms with Crippen molar-refractivity contribution in [3.05, 3.63) is 23.8 Å². The molecule has 0 saturated heterocycles. The Bertz CT molecular complexity index is 367. The zero-order chi connectivity index (χ0) is 12.3. The predicted octanol–water partition coefficient (Wildman–Crippen LogP) is 1.06. The lowest BCUT2D eigenvalue weighted by molar-refractivity contribution is -0.138. The molecule has 0 aliphatic heterocycles. The van der Waals surface area contributed by atoms with Crippen LogP contribution in [0.4, 0.5) is 13.2 Å². The van der Waals surface area contributed by atoms with Crippen molar-refractivity contribution in [1.29, 1.82) is 0 Å². The van der Waals surface area contributed by atoms with E-state index in [-0.39, 0.29) is 11.5 Å². The van der Waals surface area contributed by atoms with Crippen LogP contribution in [-0.4, -0.2) is 24.5 Å². The fourth-order valence-corrected chi connectivity index (χ4v) is 1.10. The van der Waals surface area contributed by atoms with Gasteiger partial charge in [-0.25, -0.2) is 0 Å². The van der Waals surface area contributed by atoms with Crippen molar-refractivity contribution in [2.24, 2.45) is 0 Å². The summed E-state index contributed by atoms with van der Waals surface area (Å²) in [5, 5.41) is 16.9. The van der Waals surface area contributed by atoms with Crippen LogP contribution in [0, 0.1) is 0 Å². The van der Waals surface area contributed by atoms with E-state index in [4.69, 9.17) is 10.0 Å². The molecular weight excluding hydrogens is 228 g/mol. The maximum Gasteiger partial charge on any atom is 0.707 e. The molecule has 0 bridgehead atoms. The summed E-state index contributed by atoms with van der Waals surface area (Å²) in [6.07, 6.45) is -4.61. The van der Waals surface area contributed by atoms with Gasteiger partial charge in [-0.15, -0.1) is 0 Å². The Morgan fingerprint density at radius 3 is 2.31 bits per heavy atom. The number of methoxy groups -OCH3 is 1. The molecule has 0 aromatic heterocycles. The number of rotatable bonds is 3. The van der Waals surface area contributed by atoms with Crippen LogP contribution in [0.15, 0.2) is 18.2 Å². The standard InChI is InChI=1S/C8H8BF3O4/c1-15-7-3-2-5(16-9(13)14)4-6(7)8(10,11)12/h2-4,13-14H,1H3. The van der Waals surface area contributed by atoms with Crippen LogP contribution in [0.5, 0.6) is 11.5 Å². The molecule has 0 aliphatic rings. The monoisotopic (exact) mass is 236 g/mol. The van der Waals surface area contributed by atoms with Crippen molar-refractivity contribution in [2.45, 2.75) is 6.18 Å². The molecule has 88 valence electrons. The van der Waals surface area contributed by atoms with E-state index in [2.05, 4.69) is 9.39 Å². The molecule has 0 heterocycles. The molecule has 1 rings (SSSR count). The second kappa shape index (κ2) is 4.62. The van der Waals surface area contributed by atoms with E-state index in [0.717, 1.165) is 19.2 Å². The van der Waals surface area contributed by atoms with Crippen molar-refractivity contribution in [3.8, 4) is 11.5 Å². The van der Waals surface area contributed by atoms with Crippen LogP contribution in [0.1, 0.15) is 5.56 Å². The molecule has 0 fully saturated rings. The Morgan fingerprint density at radius 2 is 1.88 bits per heavy atom. The minimum absolute atomic E-state index is 0.317. The van der Waals surface area contributed by atoms with Gasteiger partial charge in [0.05, 0.1) is 7.11 Å². The van der Waals surface area contributed by atoms with Gasteiger partial charge in [0.1, 0.15) is 17.1 Å². The normalized spacial score (nSPS) is 11.1. The molecule has 0 radical (unpaired) electrons. The maximum atomic E-state index is 12.5. The van der Waals surface area contributed by atoms with Crippen LogP contribution >= 0.6 is 0 Å². The molecule has 0 aliphatic carbocycles. The summed E-state index contributed by atoms with van der Waals surface area (Å²) < 4.78 is 46.3. The first-order valence-corrected chi connectivity index (χ1v) is 4.12. The minimum Gasteiger partial charge on any atom is -0.512 e. The van der Waals surface area contributed by atoms with Crippen molar-refractivity contribution < 1.29 is 32.6 Å². The fourth-order valence-electron chi connectivity index (χ4n) is 1.10. The predicted molar refractivity (Wildman–Crippen MR) is 48.8 cm³/mol. The molecule has 0 unspecified atom stereocenters. The smallest absolute Gasteiger partial charge is 0.512 e. The summed E-state index contributed by atoms with van der Waals surface area (Å²) in [6.45, 7) is 0. The summed E-state index contributed by atoms with van der Waals surface area (Å²) in [6, 6.07) is 2.78. The topological polar surface area (TPSA) is 58.9 Å². The summed E-state index contributed by atoms with van der Waals surface area (Å²) in [5.74, 6) is -0.685. The second-order valence-electron chi connectivity index (χ2n) is 2.80. The fraction of sp³-hybridized carbons (Fsp3) is 0.250. The van der Waals surface area contributed by atoms with Gasteiger partial charge in [0.15, 0.2) is 0 Å². The third-order valence-electron chi connectivity index (χ3n) is 1.72. The molecule has 1 aromatic rings. The third-order valence-corrected chi connectivity index (χ3v) is 1.72. The van der Waals surface area contributed by atoms with E-state index in [9.17, 15) is 13.2 Å². The first-order chi connectivity index (χ1) is 7.34. The summed E-state index contributed by atoms with van der Waals surface area (Å²) in [7, 11) is -1.07. The molecule has 0 atom stereocenters. The lowest BCUT2D eigenvalue weighted by Crippen LogP contribution is -2.21. The third kappa shape index (κ3) is 3.04. The number of halogens is 3. The summed E-state index contributed by atoms with van der Waals surface area (Å²) in [5.41, 5.74) is -1.05. The number of hydrogen-bond donors (Lipinski definition) is 2. The van der Waals surface area contributed by atoms with Crippen LogP contribution in [0.3, 0.4) is 0 Å². The number of hydrogen-bond acceptors (Lipinski definition) is 4. The van der Waals surface area contributed by atoms with Gasteiger partial charge in [-0.2, -0.15) is 13.2 Å². The Labute approximate surface area is 89.4 Å². The molecule has 2 N–H and O–H groups in total. The van der Waals surface area contributed by atoms with Gasteiger partial charge in [0.2, 0.25) is 0 Å². The van der Waals surface area contributed by atoms with Gasteiger partial charge in [-0.1, -0.05) is 0 Å². The van der Waals surface area contributed by atoms with Gasteiger partial charge < -0.3 is 19.4 Å². The molecule has 1 aromatic carbocycles. The van der Waals surface area contributed by atoms with Gasteiger partial charge in [0.25, 0.3) is 0 Å². The Balaban J connectivity index is 3.12. The van der Waals surface area contributed by atoms with E-state index in [1.165, 1.54) is 0 Å². The highest BCUT2D eigenvalue weighted by molar-refractivity contribution is 6.33. The molecule has 16 heavy (non-hydrogen) atoms. The number of ether oxygens (including phenoxy) is 1. The summed E-state index contributed by atoms with van der Waals surface area (Å²) in [4.78, 5) is 0. The van der Waals surface area contributed by atoms with E-state index in [1.807, 2.05) is 0 Å².